The van der Waals surface area contributed by atoms with Gasteiger partial charge in [0.1, 0.15) is 6.67 Å². The van der Waals surface area contributed by atoms with Crippen molar-refractivity contribution in [3.63, 3.8) is 0 Å². The molecule has 0 aliphatic rings. The lowest BCUT2D eigenvalue weighted by molar-refractivity contribution is -0.0265. The maximum Gasteiger partial charge on any atom is 0.113 e. The van der Waals surface area contributed by atoms with Gasteiger partial charge in [0.25, 0.3) is 0 Å². The Morgan fingerprint density at radius 2 is 0.526 bits per heavy atom. The first-order valence-corrected chi connectivity index (χ1v) is 14.2. The van der Waals surface area contributed by atoms with Crippen molar-refractivity contribution in [1.82, 2.24) is 0 Å². The normalized spacial score (nSPS) is 11.5. The van der Waals surface area contributed by atoms with E-state index in [9.17, 15) is 4.39 Å². The summed E-state index contributed by atoms with van der Waals surface area (Å²) >= 11 is 0. The van der Waals surface area contributed by atoms with Crippen molar-refractivity contribution in [2.75, 3.05) is 139 Å². The molecule has 11 heteroatoms. The quantitative estimate of drug-likeness (QED) is 0.108. The zero-order chi connectivity index (χ0) is 27.5. The average Bonchev–Trinajstić information content (AvgIpc) is 2.93. The molecule has 230 valence electrons. The Kier molecular flexibility index (Phi) is 36.1. The van der Waals surface area contributed by atoms with Gasteiger partial charge >= 0.3 is 0 Å². The third-order valence-electron chi connectivity index (χ3n) is 4.96. The molecule has 0 aliphatic heterocycles. The van der Waals surface area contributed by atoms with E-state index in [0.29, 0.717) is 119 Å². The lowest BCUT2D eigenvalue weighted by Crippen LogP contribution is -2.15. The molecule has 0 saturated heterocycles. The summed E-state index contributed by atoms with van der Waals surface area (Å²) in [5.41, 5.74) is 0. The van der Waals surface area contributed by atoms with E-state index in [0.717, 1.165) is 13.0 Å². The number of ether oxygens (including phenoxy) is 10. The number of unbranched alkanes of at least 4 members (excludes halogenated alkanes) is 4. The van der Waals surface area contributed by atoms with Gasteiger partial charge in [-0.2, -0.15) is 0 Å². The van der Waals surface area contributed by atoms with Crippen molar-refractivity contribution in [1.29, 1.82) is 0 Å². The van der Waals surface area contributed by atoms with Gasteiger partial charge in [-0.3, -0.25) is 0 Å². The van der Waals surface area contributed by atoms with E-state index in [-0.39, 0.29) is 6.61 Å². The van der Waals surface area contributed by atoms with E-state index < -0.39 is 6.67 Å². The van der Waals surface area contributed by atoms with Crippen LogP contribution in [-0.2, 0) is 47.4 Å². The Labute approximate surface area is 230 Å². The van der Waals surface area contributed by atoms with Crippen LogP contribution < -0.4 is 0 Å². The monoisotopic (exact) mass is 558 g/mol. The van der Waals surface area contributed by atoms with Gasteiger partial charge < -0.3 is 47.4 Å². The van der Waals surface area contributed by atoms with Gasteiger partial charge in [-0.15, -0.1) is 0 Å². The predicted octanol–water partition coefficient (Wildman–Crippen LogP) is 3.09. The van der Waals surface area contributed by atoms with Crippen LogP contribution in [0.25, 0.3) is 0 Å². The van der Waals surface area contributed by atoms with E-state index in [1.165, 1.54) is 25.7 Å². The minimum atomic E-state index is -0.470. The molecule has 0 rings (SSSR count). The Balaban J connectivity index is 3.01. The molecule has 0 N–H and O–H groups in total. The molecule has 0 aliphatic carbocycles. The number of halogens is 1. The topological polar surface area (TPSA) is 92.3 Å². The molecule has 0 fully saturated rings. The van der Waals surface area contributed by atoms with Gasteiger partial charge in [-0.1, -0.05) is 32.6 Å². The molecule has 0 aromatic rings. The van der Waals surface area contributed by atoms with Crippen molar-refractivity contribution in [2.45, 2.75) is 39.0 Å². The molecular formula is C27H55FO10. The van der Waals surface area contributed by atoms with Crippen LogP contribution in [-0.4, -0.2) is 139 Å². The van der Waals surface area contributed by atoms with Crippen molar-refractivity contribution in [3.8, 4) is 0 Å². The van der Waals surface area contributed by atoms with E-state index in [1.807, 2.05) is 0 Å². The molecular weight excluding hydrogens is 503 g/mol. The highest BCUT2D eigenvalue weighted by Gasteiger charge is 1.96. The van der Waals surface area contributed by atoms with Crippen LogP contribution in [0.1, 0.15) is 39.0 Å². The van der Waals surface area contributed by atoms with Gasteiger partial charge in [-0.25, -0.2) is 4.39 Å². The first kappa shape index (κ1) is 37.5. The zero-order valence-corrected chi connectivity index (χ0v) is 23.8. The summed E-state index contributed by atoms with van der Waals surface area (Å²) in [6.07, 6.45) is 6.28. The zero-order valence-electron chi connectivity index (χ0n) is 23.8. The molecule has 0 aromatic carbocycles. The molecule has 38 heavy (non-hydrogen) atoms. The van der Waals surface area contributed by atoms with E-state index >= 15 is 0 Å². The summed E-state index contributed by atoms with van der Waals surface area (Å²) in [6.45, 7) is 12.0. The fraction of sp³-hybridized carbons (Fsp3) is 1.00. The van der Waals surface area contributed by atoms with Crippen LogP contribution >= 0.6 is 0 Å². The maximum absolute atomic E-state index is 11.8. The standard InChI is InChI=1S/C27H55FO10/c1-2-3-4-5-6-8-29-10-12-31-14-16-33-18-20-35-22-24-37-26-27-38-25-23-36-21-19-34-17-15-32-13-11-30-9-7-28/h2-27H2,1H3. The summed E-state index contributed by atoms with van der Waals surface area (Å²) in [6, 6.07) is 0. The van der Waals surface area contributed by atoms with Gasteiger partial charge in [0.15, 0.2) is 0 Å². The van der Waals surface area contributed by atoms with Crippen molar-refractivity contribution in [2.24, 2.45) is 0 Å². The second-order valence-electron chi connectivity index (χ2n) is 8.23. The van der Waals surface area contributed by atoms with Gasteiger partial charge in [0.05, 0.1) is 126 Å². The van der Waals surface area contributed by atoms with E-state index in [4.69, 9.17) is 47.4 Å². The van der Waals surface area contributed by atoms with Crippen LogP contribution in [0.4, 0.5) is 4.39 Å². The number of hydrogen-bond acceptors (Lipinski definition) is 10. The number of rotatable bonds is 35. The summed E-state index contributed by atoms with van der Waals surface area (Å²) in [4.78, 5) is 0. The third kappa shape index (κ3) is 35.5. The fourth-order valence-corrected chi connectivity index (χ4v) is 2.94. The number of hydrogen-bond donors (Lipinski definition) is 0. The first-order valence-electron chi connectivity index (χ1n) is 14.2. The van der Waals surface area contributed by atoms with Gasteiger partial charge in [0.2, 0.25) is 0 Å². The third-order valence-corrected chi connectivity index (χ3v) is 4.96. The molecule has 0 heterocycles. The predicted molar refractivity (Wildman–Crippen MR) is 143 cm³/mol. The Morgan fingerprint density at radius 3 is 0.789 bits per heavy atom. The van der Waals surface area contributed by atoms with Gasteiger partial charge in [-0.05, 0) is 6.42 Å². The second-order valence-corrected chi connectivity index (χ2v) is 8.23. The van der Waals surface area contributed by atoms with E-state index in [2.05, 4.69) is 6.92 Å². The van der Waals surface area contributed by atoms with Crippen LogP contribution in [0.3, 0.4) is 0 Å². The molecule has 0 atom stereocenters. The summed E-state index contributed by atoms with van der Waals surface area (Å²) in [5.74, 6) is 0. The smallest absolute Gasteiger partial charge is 0.113 e. The minimum absolute atomic E-state index is 0.118. The van der Waals surface area contributed by atoms with Crippen LogP contribution in [0, 0.1) is 0 Å². The van der Waals surface area contributed by atoms with Gasteiger partial charge in [0, 0.05) is 6.61 Å². The highest BCUT2D eigenvalue weighted by atomic mass is 19.1. The lowest BCUT2D eigenvalue weighted by atomic mass is 10.2. The SMILES string of the molecule is CCCCCCCOCCOCCOCCOCCOCCOCCOCCOCCOCCOCCF. The molecule has 0 unspecified atom stereocenters. The largest absolute Gasteiger partial charge is 0.379 e. The summed E-state index contributed by atoms with van der Waals surface area (Å²) < 4.78 is 65.7. The Morgan fingerprint density at radius 1 is 0.289 bits per heavy atom. The molecule has 0 saturated carbocycles. The molecule has 0 radical (unpaired) electrons. The number of alkyl halides is 1. The summed E-state index contributed by atoms with van der Waals surface area (Å²) in [7, 11) is 0. The summed E-state index contributed by atoms with van der Waals surface area (Å²) in [5, 5.41) is 0. The highest BCUT2D eigenvalue weighted by Crippen LogP contribution is 2.02. The van der Waals surface area contributed by atoms with Crippen molar-refractivity contribution in [3.05, 3.63) is 0 Å². The fourth-order valence-electron chi connectivity index (χ4n) is 2.94. The van der Waals surface area contributed by atoms with Crippen molar-refractivity contribution < 1.29 is 51.8 Å². The van der Waals surface area contributed by atoms with Crippen LogP contribution in [0.2, 0.25) is 0 Å². The molecule has 10 nitrogen and oxygen atoms in total. The Hall–Kier alpha value is -0.470. The Bertz CT molecular complexity index is 374. The minimum Gasteiger partial charge on any atom is -0.379 e. The van der Waals surface area contributed by atoms with Crippen molar-refractivity contribution >= 4 is 0 Å². The lowest BCUT2D eigenvalue weighted by Gasteiger charge is -2.09. The molecule has 0 amide bonds. The molecule has 0 spiro atoms. The van der Waals surface area contributed by atoms with Crippen LogP contribution in [0.15, 0.2) is 0 Å². The first-order chi connectivity index (χ1) is 18.9. The highest BCUT2D eigenvalue weighted by molar-refractivity contribution is 4.42. The maximum atomic E-state index is 11.8. The average molecular weight is 559 g/mol. The molecule has 0 aromatic heterocycles. The van der Waals surface area contributed by atoms with E-state index in [1.54, 1.807) is 0 Å². The second kappa shape index (κ2) is 36.5. The van der Waals surface area contributed by atoms with Crippen LogP contribution in [0.5, 0.6) is 0 Å². The molecule has 0 bridgehead atoms.